The fourth-order valence-corrected chi connectivity index (χ4v) is 1.24. The molecule has 4 nitrogen and oxygen atoms in total. The van der Waals surface area contributed by atoms with Crippen LogP contribution in [0.2, 0.25) is 0 Å². The average molecular weight is 257 g/mol. The van der Waals surface area contributed by atoms with Gasteiger partial charge in [0.25, 0.3) is 0 Å². The van der Waals surface area contributed by atoms with Gasteiger partial charge in [-0.15, -0.1) is 0 Å². The first-order valence-corrected chi connectivity index (χ1v) is 6.42. The number of benzene rings is 1. The van der Waals surface area contributed by atoms with Gasteiger partial charge in [-0.1, -0.05) is 24.8 Å². The van der Waals surface area contributed by atoms with E-state index in [-0.39, 0.29) is 4.90 Å². The fraction of sp³-hybridized carbons (Fsp3) is 0.333. The molecule has 0 aliphatic rings. The Bertz CT molecular complexity index is 450. The number of nitrogens with zero attached hydrogens (tertiary/aromatic N) is 1. The molecular weight excluding hydrogens is 238 g/mol. The van der Waals surface area contributed by atoms with Crippen molar-refractivity contribution in [3.8, 4) is 0 Å². The first kappa shape index (κ1) is 15.8. The summed E-state index contributed by atoms with van der Waals surface area (Å²) < 4.78 is 32.4. The van der Waals surface area contributed by atoms with Gasteiger partial charge in [-0.05, 0) is 17.7 Å². The van der Waals surface area contributed by atoms with Gasteiger partial charge in [-0.3, -0.25) is 0 Å². The van der Waals surface area contributed by atoms with E-state index in [1.165, 1.54) is 24.3 Å². The predicted molar refractivity (Wildman–Crippen MR) is 68.5 cm³/mol. The van der Waals surface area contributed by atoms with Gasteiger partial charge < -0.3 is 9.04 Å². The Labute approximate surface area is 104 Å². The molecule has 0 aromatic heterocycles. The molecule has 0 N–H and O–H groups in total. The van der Waals surface area contributed by atoms with Gasteiger partial charge in [0.05, 0.1) is 33.1 Å². The summed E-state index contributed by atoms with van der Waals surface area (Å²) in [5.74, 6) is 0. The molecule has 1 aromatic rings. The van der Waals surface area contributed by atoms with Crippen molar-refractivity contribution in [1.29, 1.82) is 0 Å². The Morgan fingerprint density at radius 1 is 1.12 bits per heavy atom. The van der Waals surface area contributed by atoms with Crippen molar-refractivity contribution >= 4 is 16.2 Å². The largest absolute Gasteiger partial charge is 0.744 e. The van der Waals surface area contributed by atoms with Crippen LogP contribution in [0, 0.1) is 0 Å². The zero-order valence-corrected chi connectivity index (χ0v) is 11.5. The molecular formula is C12H19NO3S. The van der Waals surface area contributed by atoms with Gasteiger partial charge in [-0.2, -0.15) is 0 Å². The Kier molecular flexibility index (Phi) is 5.54. The molecule has 0 spiro atoms. The summed E-state index contributed by atoms with van der Waals surface area (Å²) in [7, 11) is 4.19. The van der Waals surface area contributed by atoms with E-state index in [1.54, 1.807) is 6.08 Å². The predicted octanol–water partition coefficient (Wildman–Crippen LogP) is 1.56. The van der Waals surface area contributed by atoms with E-state index in [1.807, 2.05) is 0 Å². The molecule has 0 unspecified atom stereocenters. The van der Waals surface area contributed by atoms with Crippen LogP contribution in [0.15, 0.2) is 35.7 Å². The molecule has 1 rings (SSSR count). The van der Waals surface area contributed by atoms with Crippen LogP contribution in [-0.4, -0.2) is 45.6 Å². The van der Waals surface area contributed by atoms with Crippen molar-refractivity contribution in [2.45, 2.75) is 4.90 Å². The monoisotopic (exact) mass is 257 g/mol. The lowest BCUT2D eigenvalue weighted by atomic mass is 10.2. The fourth-order valence-electron chi connectivity index (χ4n) is 0.771. The van der Waals surface area contributed by atoms with Gasteiger partial charge in [-0.25, -0.2) is 8.42 Å². The summed E-state index contributed by atoms with van der Waals surface area (Å²) in [5.41, 5.74) is 0.780. The highest BCUT2D eigenvalue weighted by Crippen LogP contribution is 2.10. The number of rotatable bonds is 2. The molecule has 0 bridgehead atoms. The first-order valence-electron chi connectivity index (χ1n) is 5.01. The zero-order valence-electron chi connectivity index (χ0n) is 10.7. The van der Waals surface area contributed by atoms with Crippen LogP contribution < -0.4 is 0 Å². The van der Waals surface area contributed by atoms with Crippen LogP contribution in [0.3, 0.4) is 0 Å². The molecule has 96 valence electrons. The molecule has 5 heteroatoms. The minimum atomic E-state index is -4.31. The minimum Gasteiger partial charge on any atom is -0.744 e. The van der Waals surface area contributed by atoms with Crippen LogP contribution in [0.5, 0.6) is 0 Å². The molecule has 0 heterocycles. The molecule has 17 heavy (non-hydrogen) atoms. The summed E-state index contributed by atoms with van der Waals surface area (Å²) in [4.78, 5) is -0.215. The third-order valence-electron chi connectivity index (χ3n) is 1.40. The summed E-state index contributed by atoms with van der Waals surface area (Å²) in [5, 5.41) is 0. The number of quaternary nitrogens is 1. The van der Waals surface area contributed by atoms with Crippen LogP contribution in [-0.2, 0) is 10.1 Å². The average Bonchev–Trinajstić information content (AvgIpc) is 2.14. The minimum absolute atomic E-state index is 0.215. The SMILES string of the molecule is C=Cc1ccc(S(=O)(=O)[O-])cc1.C[N+](C)(C)C. The Morgan fingerprint density at radius 3 is 1.71 bits per heavy atom. The number of hydrogen-bond donors (Lipinski definition) is 0. The topological polar surface area (TPSA) is 57.2 Å². The van der Waals surface area contributed by atoms with Crippen molar-refractivity contribution in [2.24, 2.45) is 0 Å². The molecule has 0 amide bonds. The first-order chi connectivity index (χ1) is 7.54. The Balaban J connectivity index is 0.000000437. The van der Waals surface area contributed by atoms with E-state index < -0.39 is 10.1 Å². The van der Waals surface area contributed by atoms with Gasteiger partial charge in [0.15, 0.2) is 0 Å². The Morgan fingerprint density at radius 2 is 1.47 bits per heavy atom. The second-order valence-electron chi connectivity index (χ2n) is 4.91. The summed E-state index contributed by atoms with van der Waals surface area (Å²) >= 11 is 0. The molecule has 0 saturated carbocycles. The van der Waals surface area contributed by atoms with Crippen molar-refractivity contribution in [3.05, 3.63) is 36.4 Å². The van der Waals surface area contributed by atoms with E-state index in [9.17, 15) is 13.0 Å². The summed E-state index contributed by atoms with van der Waals surface area (Å²) in [6.07, 6.45) is 1.57. The molecule has 0 radical (unpaired) electrons. The van der Waals surface area contributed by atoms with E-state index in [0.717, 1.165) is 10.0 Å². The third kappa shape index (κ3) is 8.62. The lowest BCUT2D eigenvalue weighted by Gasteiger charge is -2.14. The van der Waals surface area contributed by atoms with Gasteiger partial charge in [0.1, 0.15) is 10.1 Å². The highest BCUT2D eigenvalue weighted by atomic mass is 32.2. The summed E-state index contributed by atoms with van der Waals surface area (Å²) in [6.45, 7) is 3.50. The van der Waals surface area contributed by atoms with Gasteiger partial charge in [0.2, 0.25) is 0 Å². The maximum absolute atomic E-state index is 10.5. The number of hydrogen-bond acceptors (Lipinski definition) is 3. The van der Waals surface area contributed by atoms with Crippen molar-refractivity contribution in [1.82, 2.24) is 0 Å². The van der Waals surface area contributed by atoms with Gasteiger partial charge in [0, 0.05) is 0 Å². The van der Waals surface area contributed by atoms with Crippen LogP contribution in [0.25, 0.3) is 6.08 Å². The molecule has 0 atom stereocenters. The molecule has 1 aromatic carbocycles. The quantitative estimate of drug-likeness (QED) is 0.596. The van der Waals surface area contributed by atoms with Crippen LogP contribution in [0.4, 0.5) is 0 Å². The van der Waals surface area contributed by atoms with E-state index >= 15 is 0 Å². The molecule has 0 saturated heterocycles. The Hall–Kier alpha value is -1.17. The summed E-state index contributed by atoms with van der Waals surface area (Å²) in [6, 6.07) is 5.58. The lowest BCUT2D eigenvalue weighted by Crippen LogP contribution is -2.27. The van der Waals surface area contributed by atoms with Gasteiger partial charge >= 0.3 is 0 Å². The second kappa shape index (κ2) is 5.95. The van der Waals surface area contributed by atoms with E-state index in [0.29, 0.717) is 0 Å². The maximum atomic E-state index is 10.5. The normalized spacial score (nSPS) is 11.4. The van der Waals surface area contributed by atoms with E-state index in [2.05, 4.69) is 34.8 Å². The maximum Gasteiger partial charge on any atom is 0.124 e. The standard InChI is InChI=1S/C8H8O3S.C4H12N/c1-2-7-3-5-8(6-4-7)12(9,10)11;1-5(2,3)4/h2-6H,1H2,(H,9,10,11);1-4H3/q;+1/p-1. The highest BCUT2D eigenvalue weighted by molar-refractivity contribution is 7.85. The smallest absolute Gasteiger partial charge is 0.124 e. The van der Waals surface area contributed by atoms with E-state index in [4.69, 9.17) is 0 Å². The molecule has 0 aliphatic heterocycles. The van der Waals surface area contributed by atoms with Crippen molar-refractivity contribution < 1.29 is 17.5 Å². The zero-order chi connectivity index (χ0) is 13.7. The van der Waals surface area contributed by atoms with Crippen molar-refractivity contribution in [3.63, 3.8) is 0 Å². The molecule has 0 aliphatic carbocycles. The molecule has 0 fully saturated rings. The van der Waals surface area contributed by atoms with Crippen LogP contribution in [0.1, 0.15) is 5.56 Å². The van der Waals surface area contributed by atoms with Crippen LogP contribution >= 0.6 is 0 Å². The lowest BCUT2D eigenvalue weighted by molar-refractivity contribution is -0.849. The third-order valence-corrected chi connectivity index (χ3v) is 2.25. The highest BCUT2D eigenvalue weighted by Gasteiger charge is 1.98. The van der Waals surface area contributed by atoms with Crippen molar-refractivity contribution in [2.75, 3.05) is 28.2 Å². The second-order valence-corrected chi connectivity index (χ2v) is 6.29.